The summed E-state index contributed by atoms with van der Waals surface area (Å²) in [5, 5.41) is 11.6. The number of amides is 2. The fraction of sp³-hybridized carbons (Fsp3) is 0.667. The second-order valence-corrected chi connectivity index (χ2v) is 6.78. The van der Waals surface area contributed by atoms with Crippen LogP contribution in [0.3, 0.4) is 0 Å². The van der Waals surface area contributed by atoms with Crippen molar-refractivity contribution in [1.29, 1.82) is 0 Å². The van der Waals surface area contributed by atoms with Crippen molar-refractivity contribution in [2.45, 2.75) is 26.7 Å². The van der Waals surface area contributed by atoms with E-state index in [2.05, 4.69) is 22.2 Å². The van der Waals surface area contributed by atoms with Gasteiger partial charge in [0.1, 0.15) is 6.54 Å². The lowest BCUT2D eigenvalue weighted by atomic mass is 10.2. The summed E-state index contributed by atoms with van der Waals surface area (Å²) in [4.78, 5) is 51.5. The maximum Gasteiger partial charge on any atom is 0.323 e. The average Bonchev–Trinajstić information content (AvgIpc) is 2.58. The number of carboxylic acid groups (broad SMARTS) is 1. The van der Waals surface area contributed by atoms with Crippen molar-refractivity contribution in [3.63, 3.8) is 0 Å². The fourth-order valence-corrected chi connectivity index (χ4v) is 2.76. The van der Waals surface area contributed by atoms with Gasteiger partial charge in [-0.25, -0.2) is 0 Å². The summed E-state index contributed by atoms with van der Waals surface area (Å²) in [5.41, 5.74) is 0.300. The van der Waals surface area contributed by atoms with Crippen molar-refractivity contribution >= 4 is 23.6 Å². The summed E-state index contributed by atoms with van der Waals surface area (Å²) in [6, 6.07) is 0. The topological polar surface area (TPSA) is 110 Å². The van der Waals surface area contributed by atoms with E-state index in [1.165, 1.54) is 19.9 Å². The molecule has 152 valence electrons. The van der Waals surface area contributed by atoms with Crippen molar-refractivity contribution in [1.82, 2.24) is 20.0 Å². The number of hydrogen-bond donors (Lipinski definition) is 2. The second kappa shape index (κ2) is 11.5. The molecule has 9 heteroatoms. The number of allylic oxidation sites excluding steroid dienone is 2. The maximum atomic E-state index is 12.0. The number of carbonyl (C=O) groups excluding carboxylic acids is 3. The molecule has 0 spiro atoms. The third-order valence-electron chi connectivity index (χ3n) is 4.35. The first-order valence-corrected chi connectivity index (χ1v) is 9.07. The number of nitrogens with one attached hydrogen (secondary N) is 1. The number of likely N-dealkylation sites (N-methyl/N-ethyl adjacent to an activating group) is 1. The Balaban J connectivity index is 2.30. The molecule has 0 aliphatic carbocycles. The van der Waals surface area contributed by atoms with E-state index in [4.69, 9.17) is 5.11 Å². The van der Waals surface area contributed by atoms with Gasteiger partial charge in [0.05, 0.1) is 6.54 Å². The highest BCUT2D eigenvalue weighted by molar-refractivity contribution is 5.91. The van der Waals surface area contributed by atoms with Crippen LogP contribution in [0.4, 0.5) is 0 Å². The average molecular weight is 382 g/mol. The molecule has 1 rings (SSSR count). The van der Waals surface area contributed by atoms with Crippen LogP contribution in [0.1, 0.15) is 26.7 Å². The van der Waals surface area contributed by atoms with Crippen LogP contribution in [-0.2, 0) is 19.2 Å². The molecule has 0 bridgehead atoms. The summed E-state index contributed by atoms with van der Waals surface area (Å²) in [6.45, 7) is 6.71. The van der Waals surface area contributed by atoms with Gasteiger partial charge in [-0.3, -0.25) is 24.1 Å². The van der Waals surface area contributed by atoms with Crippen LogP contribution in [0.15, 0.2) is 11.8 Å². The van der Waals surface area contributed by atoms with Crippen molar-refractivity contribution in [3.05, 3.63) is 11.8 Å². The molecule has 1 heterocycles. The number of aliphatic carboxylic acids is 1. The minimum Gasteiger partial charge on any atom is -0.480 e. The summed E-state index contributed by atoms with van der Waals surface area (Å²) in [6.07, 6.45) is 1.97. The van der Waals surface area contributed by atoms with Crippen LogP contribution in [0.5, 0.6) is 0 Å². The van der Waals surface area contributed by atoms with E-state index in [0.717, 1.165) is 31.1 Å². The Kier molecular flexibility index (Phi) is 9.66. The zero-order valence-electron chi connectivity index (χ0n) is 16.4. The fourth-order valence-electron chi connectivity index (χ4n) is 2.76. The quantitative estimate of drug-likeness (QED) is 0.388. The monoisotopic (exact) mass is 382 g/mol. The van der Waals surface area contributed by atoms with Gasteiger partial charge in [0.2, 0.25) is 11.8 Å². The van der Waals surface area contributed by atoms with Crippen LogP contribution in [0.25, 0.3) is 0 Å². The Labute approximate surface area is 160 Å². The molecule has 2 amide bonds. The van der Waals surface area contributed by atoms with Gasteiger partial charge in [0.15, 0.2) is 5.78 Å². The number of carbonyl (C=O) groups is 4. The van der Waals surface area contributed by atoms with Gasteiger partial charge in [-0.1, -0.05) is 0 Å². The third-order valence-corrected chi connectivity index (χ3v) is 4.35. The molecular formula is C18H30N4O5. The smallest absolute Gasteiger partial charge is 0.323 e. The van der Waals surface area contributed by atoms with Crippen LogP contribution in [0.2, 0.25) is 0 Å². The molecule has 2 N–H and O–H groups in total. The van der Waals surface area contributed by atoms with E-state index in [-0.39, 0.29) is 18.1 Å². The molecule has 0 atom stereocenters. The highest BCUT2D eigenvalue weighted by Crippen LogP contribution is 2.06. The predicted octanol–water partition coefficient (Wildman–Crippen LogP) is -0.464. The highest BCUT2D eigenvalue weighted by Gasteiger charge is 2.17. The largest absolute Gasteiger partial charge is 0.480 e. The minimum absolute atomic E-state index is 0.0528. The molecule has 0 saturated carbocycles. The van der Waals surface area contributed by atoms with Crippen molar-refractivity contribution in [2.75, 3.05) is 52.9 Å². The second-order valence-electron chi connectivity index (χ2n) is 6.78. The van der Waals surface area contributed by atoms with Gasteiger partial charge in [-0.05, 0) is 20.4 Å². The van der Waals surface area contributed by atoms with Gasteiger partial charge >= 0.3 is 5.97 Å². The van der Waals surface area contributed by atoms with Gasteiger partial charge < -0.3 is 20.2 Å². The predicted molar refractivity (Wildman–Crippen MR) is 100.0 cm³/mol. The molecule has 1 aliphatic rings. The molecule has 1 saturated heterocycles. The Morgan fingerprint density at radius 3 is 2.30 bits per heavy atom. The summed E-state index contributed by atoms with van der Waals surface area (Å²) in [5.74, 6) is -1.84. The van der Waals surface area contributed by atoms with Gasteiger partial charge in [0, 0.05) is 57.8 Å². The highest BCUT2D eigenvalue weighted by atomic mass is 16.4. The summed E-state index contributed by atoms with van der Waals surface area (Å²) < 4.78 is 0. The van der Waals surface area contributed by atoms with Crippen LogP contribution >= 0.6 is 0 Å². The number of carboxylic acids is 1. The van der Waals surface area contributed by atoms with Gasteiger partial charge in [-0.2, -0.15) is 0 Å². The lowest BCUT2D eigenvalue weighted by Gasteiger charge is -2.31. The Morgan fingerprint density at radius 1 is 1.11 bits per heavy atom. The lowest BCUT2D eigenvalue weighted by molar-refractivity contribution is -0.142. The summed E-state index contributed by atoms with van der Waals surface area (Å²) in [7, 11) is 2.06. The molecule has 1 aliphatic heterocycles. The Bertz CT molecular complexity index is 582. The van der Waals surface area contributed by atoms with E-state index >= 15 is 0 Å². The van der Waals surface area contributed by atoms with Crippen molar-refractivity contribution in [3.8, 4) is 0 Å². The van der Waals surface area contributed by atoms with Crippen molar-refractivity contribution in [2.24, 2.45) is 0 Å². The van der Waals surface area contributed by atoms with Crippen LogP contribution in [0, 0.1) is 0 Å². The maximum absolute atomic E-state index is 12.0. The van der Waals surface area contributed by atoms with Crippen molar-refractivity contribution < 1.29 is 24.3 Å². The van der Waals surface area contributed by atoms with Gasteiger partial charge in [0.25, 0.3) is 0 Å². The number of hydrogen-bond acceptors (Lipinski definition) is 6. The minimum atomic E-state index is -1.14. The van der Waals surface area contributed by atoms with Gasteiger partial charge in [-0.15, -0.1) is 0 Å². The van der Waals surface area contributed by atoms with E-state index in [1.54, 1.807) is 0 Å². The van der Waals surface area contributed by atoms with Crippen LogP contribution < -0.4 is 5.32 Å². The normalized spacial score (nSPS) is 16.0. The number of rotatable bonds is 10. The SMILES string of the molecule is CC(=O)N(CC(=O)O)/C(C)=C\C(=O)CCCNC(=O)CN1CCN(C)CC1. The van der Waals surface area contributed by atoms with E-state index in [1.807, 2.05) is 0 Å². The zero-order chi connectivity index (χ0) is 20.4. The molecule has 0 unspecified atom stereocenters. The van der Waals surface area contributed by atoms with Crippen LogP contribution in [-0.4, -0.2) is 96.2 Å². The third kappa shape index (κ3) is 9.30. The number of ketones is 1. The standard InChI is InChI=1S/C18H30N4O5/c1-14(22(15(2)23)13-18(26)27)11-16(24)5-4-6-19-17(25)12-21-9-7-20(3)8-10-21/h11H,4-10,12-13H2,1-3H3,(H,19,25)(H,26,27)/b14-11-. The van der Waals surface area contributed by atoms with E-state index < -0.39 is 18.4 Å². The first-order valence-electron chi connectivity index (χ1n) is 9.07. The zero-order valence-corrected chi connectivity index (χ0v) is 16.4. The molecule has 1 fully saturated rings. The first-order chi connectivity index (χ1) is 12.7. The Morgan fingerprint density at radius 2 is 1.74 bits per heavy atom. The lowest BCUT2D eigenvalue weighted by Crippen LogP contribution is -2.48. The molecule has 0 radical (unpaired) electrons. The molecule has 0 aromatic rings. The molecule has 0 aromatic carbocycles. The van der Waals surface area contributed by atoms with E-state index in [0.29, 0.717) is 25.2 Å². The summed E-state index contributed by atoms with van der Waals surface area (Å²) >= 11 is 0. The molecule has 9 nitrogen and oxygen atoms in total. The molecule has 0 aromatic heterocycles. The number of piperazine rings is 1. The molecule has 27 heavy (non-hydrogen) atoms. The molecular weight excluding hydrogens is 352 g/mol. The Hall–Kier alpha value is -2.26. The van der Waals surface area contributed by atoms with E-state index in [9.17, 15) is 19.2 Å². The first kappa shape index (κ1) is 22.8. The number of nitrogens with zero attached hydrogens (tertiary/aromatic N) is 3.